The van der Waals surface area contributed by atoms with Gasteiger partial charge in [0.1, 0.15) is 0 Å². The number of carboxylic acid groups (broad SMARTS) is 1. The van der Waals surface area contributed by atoms with Gasteiger partial charge in [-0.3, -0.25) is 4.79 Å². The summed E-state index contributed by atoms with van der Waals surface area (Å²) < 4.78 is 0. The van der Waals surface area contributed by atoms with Crippen LogP contribution in [0.4, 0.5) is 0 Å². The van der Waals surface area contributed by atoms with Gasteiger partial charge in [0.25, 0.3) is 5.91 Å². The summed E-state index contributed by atoms with van der Waals surface area (Å²) in [5, 5.41) is 13.5. The summed E-state index contributed by atoms with van der Waals surface area (Å²) >= 11 is 7.48. The van der Waals surface area contributed by atoms with E-state index >= 15 is 0 Å². The zero-order chi connectivity index (χ0) is 15.2. The van der Waals surface area contributed by atoms with E-state index in [0.717, 1.165) is 11.8 Å². The van der Waals surface area contributed by atoms with Gasteiger partial charge >= 0.3 is 5.97 Å². The number of carbonyl (C=O) groups excluding carboxylic acids is 1. The molecule has 0 saturated heterocycles. The molecule has 0 unspecified atom stereocenters. The number of benzene rings is 1. The van der Waals surface area contributed by atoms with Crippen molar-refractivity contribution in [3.05, 3.63) is 57.0 Å². The molecule has 1 aromatic heterocycles. The van der Waals surface area contributed by atoms with Gasteiger partial charge in [0.05, 0.1) is 17.7 Å². The Labute approximate surface area is 129 Å². The molecule has 0 aliphatic heterocycles. The van der Waals surface area contributed by atoms with Gasteiger partial charge in [0.2, 0.25) is 0 Å². The molecule has 0 aliphatic carbocycles. The Hall–Kier alpha value is -2.18. The number of rotatable bonds is 5. The van der Waals surface area contributed by atoms with Gasteiger partial charge in [0, 0.05) is 22.0 Å². The first-order chi connectivity index (χ1) is 10.1. The highest BCUT2D eigenvalue weighted by molar-refractivity contribution is 7.07. The van der Waals surface area contributed by atoms with Gasteiger partial charge < -0.3 is 10.4 Å². The number of nitrogens with zero attached hydrogens (tertiary/aromatic N) is 1. The second-order valence-electron chi connectivity index (χ2n) is 4.07. The van der Waals surface area contributed by atoms with Crippen molar-refractivity contribution in [2.45, 2.75) is 6.54 Å². The van der Waals surface area contributed by atoms with E-state index in [9.17, 15) is 9.59 Å². The first-order valence-electron chi connectivity index (χ1n) is 5.92. The number of nitrogens with one attached hydrogen (secondary N) is 1. The zero-order valence-electron chi connectivity index (χ0n) is 10.7. The lowest BCUT2D eigenvalue weighted by Gasteiger charge is -2.05. The first kappa shape index (κ1) is 15.2. The number of halogens is 1. The maximum atomic E-state index is 12.0. The molecule has 1 amide bonds. The van der Waals surface area contributed by atoms with E-state index in [1.807, 2.05) is 5.38 Å². The third kappa shape index (κ3) is 4.40. The van der Waals surface area contributed by atoms with Gasteiger partial charge in [-0.1, -0.05) is 17.7 Å². The second kappa shape index (κ2) is 7.01. The SMILES string of the molecule is O=C(O)/C=C/c1ccc(C(=O)NCc2cscn2)cc1Cl. The normalized spacial score (nSPS) is 10.7. The van der Waals surface area contributed by atoms with Gasteiger partial charge in [-0.25, -0.2) is 9.78 Å². The maximum Gasteiger partial charge on any atom is 0.328 e. The Kier molecular flexibility index (Phi) is 5.08. The molecule has 0 saturated carbocycles. The molecule has 2 aromatic rings. The maximum absolute atomic E-state index is 12.0. The van der Waals surface area contributed by atoms with Crippen molar-refractivity contribution in [2.24, 2.45) is 0 Å². The highest BCUT2D eigenvalue weighted by Gasteiger charge is 2.08. The smallest absolute Gasteiger partial charge is 0.328 e. The fourth-order valence-electron chi connectivity index (χ4n) is 1.56. The fraction of sp³-hybridized carbons (Fsp3) is 0.0714. The number of aliphatic carboxylic acids is 1. The number of thiazole rings is 1. The van der Waals surface area contributed by atoms with Crippen molar-refractivity contribution < 1.29 is 14.7 Å². The number of hydrogen-bond donors (Lipinski definition) is 2. The molecule has 1 heterocycles. The van der Waals surface area contributed by atoms with Gasteiger partial charge in [0.15, 0.2) is 0 Å². The number of carboxylic acids is 1. The van der Waals surface area contributed by atoms with Crippen LogP contribution in [-0.2, 0) is 11.3 Å². The van der Waals surface area contributed by atoms with Gasteiger partial charge in [-0.15, -0.1) is 11.3 Å². The van der Waals surface area contributed by atoms with Gasteiger partial charge in [-0.2, -0.15) is 0 Å². The molecule has 0 atom stereocenters. The van der Waals surface area contributed by atoms with E-state index in [0.29, 0.717) is 22.7 Å². The molecule has 0 spiro atoms. The number of aromatic nitrogens is 1. The Bertz CT molecular complexity index is 684. The van der Waals surface area contributed by atoms with Crippen molar-refractivity contribution in [2.75, 3.05) is 0 Å². The lowest BCUT2D eigenvalue weighted by molar-refractivity contribution is -0.131. The summed E-state index contributed by atoms with van der Waals surface area (Å²) in [7, 11) is 0. The Morgan fingerprint density at radius 1 is 1.43 bits per heavy atom. The third-order valence-corrected chi connectivity index (χ3v) is 3.54. The molecule has 0 fully saturated rings. The van der Waals surface area contributed by atoms with E-state index in [-0.39, 0.29) is 5.91 Å². The van der Waals surface area contributed by atoms with Crippen LogP contribution in [0.25, 0.3) is 6.08 Å². The summed E-state index contributed by atoms with van der Waals surface area (Å²) in [5.74, 6) is -1.32. The fourth-order valence-corrected chi connectivity index (χ4v) is 2.36. The third-order valence-electron chi connectivity index (χ3n) is 2.58. The predicted molar refractivity (Wildman–Crippen MR) is 81.4 cm³/mol. The van der Waals surface area contributed by atoms with E-state index in [4.69, 9.17) is 16.7 Å². The molecule has 0 aliphatic rings. The first-order valence-corrected chi connectivity index (χ1v) is 7.24. The summed E-state index contributed by atoms with van der Waals surface area (Å²) in [6.07, 6.45) is 2.37. The zero-order valence-corrected chi connectivity index (χ0v) is 12.3. The number of hydrogen-bond acceptors (Lipinski definition) is 4. The van der Waals surface area contributed by atoms with Crippen molar-refractivity contribution >= 4 is 40.9 Å². The second-order valence-corrected chi connectivity index (χ2v) is 5.20. The van der Waals surface area contributed by atoms with E-state index in [1.54, 1.807) is 17.6 Å². The van der Waals surface area contributed by atoms with Crippen LogP contribution in [0.5, 0.6) is 0 Å². The number of carbonyl (C=O) groups is 2. The van der Waals surface area contributed by atoms with Crippen molar-refractivity contribution in [3.63, 3.8) is 0 Å². The van der Waals surface area contributed by atoms with Crippen LogP contribution < -0.4 is 5.32 Å². The predicted octanol–water partition coefficient (Wildman–Crippen LogP) is 2.82. The average Bonchev–Trinajstić information content (AvgIpc) is 2.96. The van der Waals surface area contributed by atoms with Crippen LogP contribution in [0.1, 0.15) is 21.6 Å². The lowest BCUT2D eigenvalue weighted by Crippen LogP contribution is -2.22. The minimum atomic E-state index is -1.06. The van der Waals surface area contributed by atoms with Crippen LogP contribution in [0, 0.1) is 0 Å². The van der Waals surface area contributed by atoms with E-state index in [2.05, 4.69) is 10.3 Å². The summed E-state index contributed by atoms with van der Waals surface area (Å²) in [6, 6.07) is 4.68. The van der Waals surface area contributed by atoms with Crippen LogP contribution in [0.3, 0.4) is 0 Å². The van der Waals surface area contributed by atoms with Crippen molar-refractivity contribution in [1.29, 1.82) is 0 Å². The number of amides is 1. The topological polar surface area (TPSA) is 79.3 Å². The summed E-state index contributed by atoms with van der Waals surface area (Å²) in [4.78, 5) is 26.5. The van der Waals surface area contributed by atoms with E-state index in [1.165, 1.54) is 23.5 Å². The lowest BCUT2D eigenvalue weighted by atomic mass is 10.1. The standard InChI is InChI=1S/C14H11ClN2O3S/c15-12-5-10(2-1-9(12)3-4-13(18)19)14(20)16-6-11-7-21-8-17-11/h1-5,7-8H,6H2,(H,16,20)(H,18,19)/b4-3+. The average molecular weight is 323 g/mol. The molecule has 0 bridgehead atoms. The van der Waals surface area contributed by atoms with Crippen LogP contribution in [0.15, 0.2) is 35.2 Å². The van der Waals surface area contributed by atoms with E-state index < -0.39 is 5.97 Å². The van der Waals surface area contributed by atoms with Crippen LogP contribution >= 0.6 is 22.9 Å². The molecule has 7 heteroatoms. The largest absolute Gasteiger partial charge is 0.478 e. The molecule has 108 valence electrons. The molecular weight excluding hydrogens is 312 g/mol. The van der Waals surface area contributed by atoms with Crippen LogP contribution in [0.2, 0.25) is 5.02 Å². The highest BCUT2D eigenvalue weighted by atomic mass is 35.5. The van der Waals surface area contributed by atoms with Gasteiger partial charge in [-0.05, 0) is 23.8 Å². The molecule has 21 heavy (non-hydrogen) atoms. The monoisotopic (exact) mass is 322 g/mol. The minimum Gasteiger partial charge on any atom is -0.478 e. The Balaban J connectivity index is 2.05. The Morgan fingerprint density at radius 3 is 2.86 bits per heavy atom. The summed E-state index contributed by atoms with van der Waals surface area (Å²) in [5.41, 5.74) is 3.43. The molecule has 0 radical (unpaired) electrons. The Morgan fingerprint density at radius 2 is 2.24 bits per heavy atom. The molecular formula is C14H11ClN2O3S. The molecule has 5 nitrogen and oxygen atoms in total. The van der Waals surface area contributed by atoms with Crippen LogP contribution in [-0.4, -0.2) is 22.0 Å². The summed E-state index contributed by atoms with van der Waals surface area (Å²) in [6.45, 7) is 0.348. The highest BCUT2D eigenvalue weighted by Crippen LogP contribution is 2.19. The molecule has 2 rings (SSSR count). The molecule has 1 aromatic carbocycles. The quantitative estimate of drug-likeness (QED) is 0.830. The minimum absolute atomic E-state index is 0.265. The van der Waals surface area contributed by atoms with Crippen molar-refractivity contribution in [1.82, 2.24) is 10.3 Å². The molecule has 2 N–H and O–H groups in total. The van der Waals surface area contributed by atoms with Crippen molar-refractivity contribution in [3.8, 4) is 0 Å².